The van der Waals surface area contributed by atoms with Crippen LogP contribution in [0.25, 0.3) is 0 Å². The quantitative estimate of drug-likeness (QED) is 0.762. The molecule has 1 unspecified atom stereocenters. The summed E-state index contributed by atoms with van der Waals surface area (Å²) < 4.78 is 5.43. The van der Waals surface area contributed by atoms with Crippen LogP contribution in [0.2, 0.25) is 0 Å². The molecule has 1 aliphatic rings. The fourth-order valence-electron chi connectivity index (χ4n) is 2.09. The maximum atomic E-state index is 12.5. The minimum absolute atomic E-state index is 0.0296. The summed E-state index contributed by atoms with van der Waals surface area (Å²) in [7, 11) is 0. The van der Waals surface area contributed by atoms with E-state index in [1.807, 2.05) is 19.1 Å². The van der Waals surface area contributed by atoms with Crippen LogP contribution in [-0.2, 0) is 4.74 Å². The lowest BCUT2D eigenvalue weighted by molar-refractivity contribution is -0.0124. The SMILES string of the molecule is CC1CN(C(=O)c2ccccc2C#CCO)CCO1. The number of carbonyl (C=O) groups is 1. The third-order valence-electron chi connectivity index (χ3n) is 2.99. The number of hydrogen-bond donors (Lipinski definition) is 1. The predicted molar refractivity (Wildman–Crippen MR) is 71.7 cm³/mol. The fraction of sp³-hybridized carbons (Fsp3) is 0.400. The Labute approximate surface area is 113 Å². The molecule has 4 nitrogen and oxygen atoms in total. The van der Waals surface area contributed by atoms with Crippen molar-refractivity contribution in [2.75, 3.05) is 26.3 Å². The van der Waals surface area contributed by atoms with Crippen molar-refractivity contribution in [2.45, 2.75) is 13.0 Å². The molecule has 1 aromatic carbocycles. The topological polar surface area (TPSA) is 49.8 Å². The number of morpholine rings is 1. The molecule has 1 heterocycles. The highest BCUT2D eigenvalue weighted by Gasteiger charge is 2.23. The Balaban J connectivity index is 2.23. The molecule has 0 spiro atoms. The van der Waals surface area contributed by atoms with E-state index in [0.29, 0.717) is 30.8 Å². The summed E-state index contributed by atoms with van der Waals surface area (Å²) in [5.41, 5.74) is 1.23. The van der Waals surface area contributed by atoms with Crippen LogP contribution >= 0.6 is 0 Å². The van der Waals surface area contributed by atoms with Gasteiger partial charge in [0.05, 0.1) is 18.3 Å². The van der Waals surface area contributed by atoms with E-state index in [-0.39, 0.29) is 18.6 Å². The maximum Gasteiger partial charge on any atom is 0.255 e. The highest BCUT2D eigenvalue weighted by molar-refractivity contribution is 5.96. The van der Waals surface area contributed by atoms with Gasteiger partial charge >= 0.3 is 0 Å². The zero-order valence-corrected chi connectivity index (χ0v) is 10.9. The van der Waals surface area contributed by atoms with Crippen molar-refractivity contribution in [3.05, 3.63) is 35.4 Å². The van der Waals surface area contributed by atoms with Crippen molar-refractivity contribution in [1.29, 1.82) is 0 Å². The second-order valence-electron chi connectivity index (χ2n) is 4.44. The van der Waals surface area contributed by atoms with E-state index in [1.54, 1.807) is 17.0 Å². The Morgan fingerprint density at radius 1 is 1.53 bits per heavy atom. The van der Waals surface area contributed by atoms with E-state index in [9.17, 15) is 4.79 Å². The highest BCUT2D eigenvalue weighted by Crippen LogP contribution is 2.14. The Hall–Kier alpha value is -1.83. The number of carbonyl (C=O) groups excluding carboxylic acids is 1. The van der Waals surface area contributed by atoms with Crippen LogP contribution in [-0.4, -0.2) is 48.3 Å². The molecule has 0 aliphatic carbocycles. The molecular formula is C15H17NO3. The Morgan fingerprint density at radius 3 is 3.05 bits per heavy atom. The number of amides is 1. The first-order valence-corrected chi connectivity index (χ1v) is 6.32. The average molecular weight is 259 g/mol. The lowest BCUT2D eigenvalue weighted by Gasteiger charge is -2.31. The molecule has 1 aliphatic heterocycles. The van der Waals surface area contributed by atoms with Crippen LogP contribution in [0.5, 0.6) is 0 Å². The van der Waals surface area contributed by atoms with E-state index >= 15 is 0 Å². The van der Waals surface area contributed by atoms with E-state index in [0.717, 1.165) is 0 Å². The number of nitrogens with zero attached hydrogens (tertiary/aromatic N) is 1. The lowest BCUT2D eigenvalue weighted by atomic mass is 10.1. The van der Waals surface area contributed by atoms with Crippen molar-refractivity contribution in [3.8, 4) is 11.8 Å². The number of hydrogen-bond acceptors (Lipinski definition) is 3. The predicted octanol–water partition coefficient (Wildman–Crippen LogP) is 0.891. The molecule has 1 N–H and O–H groups in total. The van der Waals surface area contributed by atoms with Gasteiger partial charge in [-0.15, -0.1) is 0 Å². The van der Waals surface area contributed by atoms with Crippen LogP contribution in [0.4, 0.5) is 0 Å². The molecule has 19 heavy (non-hydrogen) atoms. The molecule has 1 saturated heterocycles. The summed E-state index contributed by atoms with van der Waals surface area (Å²) in [6.07, 6.45) is 0.0633. The first-order chi connectivity index (χ1) is 9.22. The summed E-state index contributed by atoms with van der Waals surface area (Å²) in [5.74, 6) is 5.37. The van der Waals surface area contributed by atoms with Crippen molar-refractivity contribution in [2.24, 2.45) is 0 Å². The standard InChI is InChI=1S/C15H17NO3/c1-12-11-16(8-10-19-12)15(18)14-7-3-2-5-13(14)6-4-9-17/h2-3,5,7,12,17H,8-11H2,1H3. The summed E-state index contributed by atoms with van der Waals surface area (Å²) in [6, 6.07) is 7.21. The average Bonchev–Trinajstić information content (AvgIpc) is 2.44. The van der Waals surface area contributed by atoms with Crippen molar-refractivity contribution >= 4 is 5.91 Å². The monoisotopic (exact) mass is 259 g/mol. The van der Waals surface area contributed by atoms with Crippen molar-refractivity contribution < 1.29 is 14.6 Å². The summed E-state index contributed by atoms with van der Waals surface area (Å²) in [4.78, 5) is 14.3. The maximum absolute atomic E-state index is 12.5. The first kappa shape index (κ1) is 13.6. The zero-order chi connectivity index (χ0) is 13.7. The van der Waals surface area contributed by atoms with Gasteiger partial charge in [-0.25, -0.2) is 0 Å². The fourth-order valence-corrected chi connectivity index (χ4v) is 2.09. The lowest BCUT2D eigenvalue weighted by Crippen LogP contribution is -2.44. The smallest absolute Gasteiger partial charge is 0.255 e. The van der Waals surface area contributed by atoms with Gasteiger partial charge in [-0.1, -0.05) is 24.0 Å². The largest absolute Gasteiger partial charge is 0.384 e. The van der Waals surface area contributed by atoms with Gasteiger partial charge < -0.3 is 14.7 Å². The molecule has 1 atom stereocenters. The number of rotatable bonds is 1. The van der Waals surface area contributed by atoms with E-state index in [2.05, 4.69) is 11.8 Å². The van der Waals surface area contributed by atoms with Gasteiger partial charge in [0.25, 0.3) is 5.91 Å². The third-order valence-corrected chi connectivity index (χ3v) is 2.99. The van der Waals surface area contributed by atoms with E-state index < -0.39 is 0 Å². The van der Waals surface area contributed by atoms with Crippen LogP contribution in [0.1, 0.15) is 22.8 Å². The second-order valence-corrected chi connectivity index (χ2v) is 4.44. The number of benzene rings is 1. The van der Waals surface area contributed by atoms with Crippen LogP contribution < -0.4 is 0 Å². The molecule has 2 rings (SSSR count). The molecule has 0 radical (unpaired) electrons. The molecule has 1 fully saturated rings. The molecular weight excluding hydrogens is 242 g/mol. The Bertz CT molecular complexity index is 516. The molecule has 0 saturated carbocycles. The summed E-state index contributed by atoms with van der Waals surface area (Å²) >= 11 is 0. The van der Waals surface area contributed by atoms with Gasteiger partial charge in [-0.2, -0.15) is 0 Å². The van der Waals surface area contributed by atoms with Gasteiger partial charge in [0.1, 0.15) is 6.61 Å². The van der Waals surface area contributed by atoms with Crippen LogP contribution in [0, 0.1) is 11.8 Å². The number of aliphatic hydroxyl groups is 1. The van der Waals surface area contributed by atoms with Crippen LogP contribution in [0.15, 0.2) is 24.3 Å². The van der Waals surface area contributed by atoms with Gasteiger partial charge in [0.2, 0.25) is 0 Å². The third kappa shape index (κ3) is 3.34. The molecule has 1 aromatic rings. The molecule has 0 bridgehead atoms. The summed E-state index contributed by atoms with van der Waals surface area (Å²) in [5, 5.41) is 8.76. The zero-order valence-electron chi connectivity index (χ0n) is 10.9. The van der Waals surface area contributed by atoms with Gasteiger partial charge in [-0.05, 0) is 19.1 Å². The molecule has 4 heteroatoms. The minimum atomic E-state index is -0.211. The van der Waals surface area contributed by atoms with Crippen molar-refractivity contribution in [1.82, 2.24) is 4.90 Å². The van der Waals surface area contributed by atoms with Crippen LogP contribution in [0.3, 0.4) is 0 Å². The summed E-state index contributed by atoms with van der Waals surface area (Å²) in [6.45, 7) is 3.51. The van der Waals surface area contributed by atoms with Gasteiger partial charge in [0, 0.05) is 18.7 Å². The molecule has 1 amide bonds. The normalized spacial score (nSPS) is 18.6. The number of aliphatic hydroxyl groups excluding tert-OH is 1. The van der Waals surface area contributed by atoms with Gasteiger partial charge in [-0.3, -0.25) is 4.79 Å². The molecule has 100 valence electrons. The number of ether oxygens (including phenoxy) is 1. The van der Waals surface area contributed by atoms with E-state index in [4.69, 9.17) is 9.84 Å². The Kier molecular flexibility index (Phi) is 4.56. The van der Waals surface area contributed by atoms with E-state index in [1.165, 1.54) is 0 Å². The minimum Gasteiger partial charge on any atom is -0.384 e. The molecule has 0 aromatic heterocycles. The highest BCUT2D eigenvalue weighted by atomic mass is 16.5. The first-order valence-electron chi connectivity index (χ1n) is 6.32. The Morgan fingerprint density at radius 2 is 2.32 bits per heavy atom. The van der Waals surface area contributed by atoms with Gasteiger partial charge in [0.15, 0.2) is 0 Å². The van der Waals surface area contributed by atoms with Crippen molar-refractivity contribution in [3.63, 3.8) is 0 Å². The second kappa shape index (κ2) is 6.37.